The number of quaternary nitrogens is 1. The molecule has 0 fully saturated rings. The normalized spacial score (nSPS) is 11.7. The number of carbonyl (C=O) groups excluding carboxylic acids is 2. The summed E-state index contributed by atoms with van der Waals surface area (Å²) in [6.45, 7) is 4.32. The predicted molar refractivity (Wildman–Crippen MR) is 101 cm³/mol. The summed E-state index contributed by atoms with van der Waals surface area (Å²) in [6, 6.07) is 11.5. The van der Waals surface area contributed by atoms with Gasteiger partial charge in [0.15, 0.2) is 13.1 Å². The van der Waals surface area contributed by atoms with Gasteiger partial charge < -0.3 is 15.5 Å². The molecular weight excluding hydrogens is 333 g/mol. The van der Waals surface area contributed by atoms with Crippen molar-refractivity contribution >= 4 is 23.2 Å². The van der Waals surface area contributed by atoms with Gasteiger partial charge >= 0.3 is 0 Å². The molecule has 138 valence electrons. The van der Waals surface area contributed by atoms with E-state index in [9.17, 15) is 14.0 Å². The molecular formula is C20H25FN3O2+. The van der Waals surface area contributed by atoms with E-state index in [1.54, 1.807) is 7.05 Å². The second-order valence-corrected chi connectivity index (χ2v) is 6.38. The molecule has 3 N–H and O–H groups in total. The molecule has 1 unspecified atom stereocenters. The van der Waals surface area contributed by atoms with Crippen LogP contribution in [-0.4, -0.2) is 32.0 Å². The van der Waals surface area contributed by atoms with Crippen LogP contribution in [0.4, 0.5) is 15.8 Å². The van der Waals surface area contributed by atoms with Gasteiger partial charge in [0.25, 0.3) is 11.8 Å². The molecule has 0 aliphatic carbocycles. The molecule has 0 heterocycles. The Morgan fingerprint density at radius 3 is 2.23 bits per heavy atom. The van der Waals surface area contributed by atoms with E-state index < -0.39 is 0 Å². The lowest BCUT2D eigenvalue weighted by atomic mass is 10.1. The Kier molecular flexibility index (Phi) is 6.86. The Labute approximate surface area is 153 Å². The minimum Gasteiger partial charge on any atom is -0.322 e. The van der Waals surface area contributed by atoms with E-state index >= 15 is 0 Å². The Morgan fingerprint density at radius 1 is 1.00 bits per heavy atom. The lowest BCUT2D eigenvalue weighted by Crippen LogP contribution is -3.11. The van der Waals surface area contributed by atoms with E-state index in [-0.39, 0.29) is 30.7 Å². The maximum Gasteiger partial charge on any atom is 0.279 e. The summed E-state index contributed by atoms with van der Waals surface area (Å²) in [4.78, 5) is 25.1. The Morgan fingerprint density at radius 2 is 1.62 bits per heavy atom. The van der Waals surface area contributed by atoms with Crippen molar-refractivity contribution < 1.29 is 18.9 Å². The number of carbonyl (C=O) groups is 2. The molecule has 5 nitrogen and oxygen atoms in total. The van der Waals surface area contributed by atoms with Gasteiger partial charge in [0.05, 0.1) is 7.05 Å². The van der Waals surface area contributed by atoms with Crippen molar-refractivity contribution in [2.45, 2.75) is 20.3 Å². The van der Waals surface area contributed by atoms with E-state index in [4.69, 9.17) is 0 Å². The SMILES string of the molecule is CCc1cccc(C)c1NC(=O)C[NH+](C)CC(=O)Nc1ccc(F)cc1. The fourth-order valence-corrected chi connectivity index (χ4v) is 2.73. The first-order chi connectivity index (χ1) is 12.4. The maximum absolute atomic E-state index is 12.9. The largest absolute Gasteiger partial charge is 0.322 e. The van der Waals surface area contributed by atoms with E-state index in [1.165, 1.54) is 24.3 Å². The van der Waals surface area contributed by atoms with Crippen molar-refractivity contribution in [1.29, 1.82) is 0 Å². The summed E-state index contributed by atoms with van der Waals surface area (Å²) < 4.78 is 12.9. The van der Waals surface area contributed by atoms with Gasteiger partial charge in [-0.05, 0) is 48.7 Å². The number of likely N-dealkylation sites (N-methyl/N-ethyl adjacent to an activating group) is 1. The average molecular weight is 358 g/mol. The third-order valence-corrected chi connectivity index (χ3v) is 4.06. The Balaban J connectivity index is 1.87. The van der Waals surface area contributed by atoms with Crippen LogP contribution >= 0.6 is 0 Å². The number of rotatable bonds is 7. The Bertz CT molecular complexity index is 775. The van der Waals surface area contributed by atoms with E-state index in [2.05, 4.69) is 10.6 Å². The molecule has 1 atom stereocenters. The van der Waals surface area contributed by atoms with Crippen molar-refractivity contribution in [2.75, 3.05) is 30.8 Å². The molecule has 26 heavy (non-hydrogen) atoms. The predicted octanol–water partition coefficient (Wildman–Crippen LogP) is 1.79. The fourth-order valence-electron chi connectivity index (χ4n) is 2.73. The van der Waals surface area contributed by atoms with Crippen molar-refractivity contribution in [3.63, 3.8) is 0 Å². The van der Waals surface area contributed by atoms with Crippen molar-refractivity contribution in [3.05, 3.63) is 59.4 Å². The number of hydrogen-bond donors (Lipinski definition) is 3. The number of benzene rings is 2. The number of hydrogen-bond acceptors (Lipinski definition) is 2. The van der Waals surface area contributed by atoms with Crippen LogP contribution in [0.2, 0.25) is 0 Å². The van der Waals surface area contributed by atoms with Crippen LogP contribution in [0.5, 0.6) is 0 Å². The monoisotopic (exact) mass is 358 g/mol. The molecule has 6 heteroatoms. The maximum atomic E-state index is 12.9. The van der Waals surface area contributed by atoms with Crippen LogP contribution in [0.15, 0.2) is 42.5 Å². The molecule has 2 amide bonds. The highest BCUT2D eigenvalue weighted by atomic mass is 19.1. The van der Waals surface area contributed by atoms with Gasteiger partial charge in [-0.15, -0.1) is 0 Å². The smallest absolute Gasteiger partial charge is 0.279 e. The zero-order valence-corrected chi connectivity index (χ0v) is 15.4. The third-order valence-electron chi connectivity index (χ3n) is 4.06. The number of anilines is 2. The molecule has 0 aliphatic rings. The van der Waals surface area contributed by atoms with Crippen molar-refractivity contribution in [3.8, 4) is 0 Å². The van der Waals surface area contributed by atoms with E-state index in [0.717, 1.165) is 28.1 Å². The molecule has 0 saturated heterocycles. The highest BCUT2D eigenvalue weighted by Gasteiger charge is 2.16. The van der Waals surface area contributed by atoms with Crippen LogP contribution < -0.4 is 15.5 Å². The third kappa shape index (κ3) is 5.67. The Hall–Kier alpha value is -2.73. The number of halogens is 1. The van der Waals surface area contributed by atoms with Gasteiger partial charge in [0.1, 0.15) is 5.82 Å². The van der Waals surface area contributed by atoms with Crippen molar-refractivity contribution in [2.24, 2.45) is 0 Å². The van der Waals surface area contributed by atoms with Crippen LogP contribution in [0.25, 0.3) is 0 Å². The molecule has 0 aromatic heterocycles. The summed E-state index contributed by atoms with van der Waals surface area (Å²) in [5, 5.41) is 5.65. The van der Waals surface area contributed by atoms with E-state index in [1.807, 2.05) is 32.0 Å². The molecule has 0 radical (unpaired) electrons. The minimum absolute atomic E-state index is 0.138. The van der Waals surface area contributed by atoms with Gasteiger partial charge in [0, 0.05) is 11.4 Å². The zero-order chi connectivity index (χ0) is 19.1. The van der Waals surface area contributed by atoms with Gasteiger partial charge in [-0.2, -0.15) is 0 Å². The van der Waals surface area contributed by atoms with Crippen LogP contribution in [0, 0.1) is 12.7 Å². The quantitative estimate of drug-likeness (QED) is 0.707. The summed E-state index contributed by atoms with van der Waals surface area (Å²) in [6.07, 6.45) is 0.833. The highest BCUT2D eigenvalue weighted by Crippen LogP contribution is 2.20. The molecule has 2 aromatic rings. The fraction of sp³-hybridized carbons (Fsp3) is 0.300. The van der Waals surface area contributed by atoms with Gasteiger partial charge in [-0.1, -0.05) is 25.1 Å². The standard InChI is InChI=1S/C20H24FN3O2/c1-4-15-7-5-6-14(2)20(15)23-19(26)13-24(3)12-18(25)22-17-10-8-16(21)9-11-17/h5-11H,4,12-13H2,1-3H3,(H,22,25)(H,23,26)/p+1. The zero-order valence-electron chi connectivity index (χ0n) is 15.4. The first kappa shape index (κ1) is 19.6. The number of aryl methyl sites for hydroxylation is 2. The molecule has 0 bridgehead atoms. The second kappa shape index (κ2) is 9.10. The number of para-hydroxylation sites is 1. The molecule has 2 rings (SSSR count). The topological polar surface area (TPSA) is 62.6 Å². The van der Waals surface area contributed by atoms with Gasteiger partial charge in [-0.25, -0.2) is 4.39 Å². The first-order valence-corrected chi connectivity index (χ1v) is 8.64. The molecule has 0 spiro atoms. The second-order valence-electron chi connectivity index (χ2n) is 6.38. The first-order valence-electron chi connectivity index (χ1n) is 8.64. The lowest BCUT2D eigenvalue weighted by Gasteiger charge is -2.16. The van der Waals surface area contributed by atoms with Crippen molar-refractivity contribution in [1.82, 2.24) is 0 Å². The average Bonchev–Trinajstić information content (AvgIpc) is 2.58. The molecule has 0 saturated carbocycles. The van der Waals surface area contributed by atoms with Crippen LogP contribution in [0.3, 0.4) is 0 Å². The minimum atomic E-state index is -0.356. The molecule has 2 aromatic carbocycles. The summed E-state index contributed by atoms with van der Waals surface area (Å²) in [5.74, 6) is -0.724. The van der Waals surface area contributed by atoms with Gasteiger partial charge in [0.2, 0.25) is 0 Å². The van der Waals surface area contributed by atoms with Crippen LogP contribution in [-0.2, 0) is 16.0 Å². The number of amides is 2. The van der Waals surface area contributed by atoms with E-state index in [0.29, 0.717) is 5.69 Å². The molecule has 0 aliphatic heterocycles. The summed E-state index contributed by atoms with van der Waals surface area (Å²) >= 11 is 0. The highest BCUT2D eigenvalue weighted by molar-refractivity contribution is 5.94. The van der Waals surface area contributed by atoms with Gasteiger partial charge in [-0.3, -0.25) is 9.59 Å². The summed E-state index contributed by atoms with van der Waals surface area (Å²) in [7, 11) is 1.78. The number of nitrogens with one attached hydrogen (secondary N) is 3. The lowest BCUT2D eigenvalue weighted by molar-refractivity contribution is -0.862. The van der Waals surface area contributed by atoms with Crippen LogP contribution in [0.1, 0.15) is 18.1 Å². The summed E-state index contributed by atoms with van der Waals surface area (Å²) in [5.41, 5.74) is 3.49.